The van der Waals surface area contributed by atoms with Crippen LogP contribution in [0.2, 0.25) is 0 Å². The minimum absolute atomic E-state index is 0.0228. The fourth-order valence-electron chi connectivity index (χ4n) is 2.35. The minimum Gasteiger partial charge on any atom is -0.478 e. The van der Waals surface area contributed by atoms with Crippen LogP contribution in [-0.4, -0.2) is 36.4 Å². The molecule has 0 atom stereocenters. The molecule has 1 heterocycles. The Morgan fingerprint density at radius 1 is 0.828 bits per heavy atom. The fourth-order valence-corrected chi connectivity index (χ4v) is 2.35. The van der Waals surface area contributed by atoms with E-state index in [1.807, 2.05) is 0 Å². The Kier molecular flexibility index (Phi) is 6.56. The molecule has 0 N–H and O–H groups in total. The van der Waals surface area contributed by atoms with Crippen LogP contribution in [-0.2, 0) is 19.1 Å². The summed E-state index contributed by atoms with van der Waals surface area (Å²) < 4.78 is 26.7. The smallest absolute Gasteiger partial charge is 0.344 e. The minimum atomic E-state index is -0.679. The van der Waals surface area contributed by atoms with E-state index < -0.39 is 35.4 Å². The zero-order valence-corrected chi connectivity index (χ0v) is 17.5. The highest BCUT2D eigenvalue weighted by Gasteiger charge is 2.21. The van der Waals surface area contributed by atoms with Gasteiger partial charge in [-0.2, -0.15) is 0 Å². The van der Waals surface area contributed by atoms with E-state index in [2.05, 4.69) is 0 Å². The van der Waals surface area contributed by atoms with Crippen molar-refractivity contribution in [3.05, 3.63) is 34.7 Å². The maximum absolute atomic E-state index is 12.0. The number of rotatable bonds is 6. The number of esters is 2. The summed E-state index contributed by atoms with van der Waals surface area (Å²) in [5.41, 5.74) is -1.83. The van der Waals surface area contributed by atoms with Gasteiger partial charge in [0.05, 0.1) is 0 Å². The van der Waals surface area contributed by atoms with Crippen LogP contribution >= 0.6 is 0 Å². The first-order chi connectivity index (χ1) is 13.3. The molecule has 0 saturated heterocycles. The molecular formula is C21H26O8. The van der Waals surface area contributed by atoms with Gasteiger partial charge in [-0.3, -0.25) is 0 Å². The highest BCUT2D eigenvalue weighted by molar-refractivity contribution is 5.86. The summed E-state index contributed by atoms with van der Waals surface area (Å²) in [5.74, 6) is -1.04. The molecule has 0 aliphatic heterocycles. The second kappa shape index (κ2) is 8.55. The lowest BCUT2D eigenvalue weighted by Crippen LogP contribution is -2.28. The van der Waals surface area contributed by atoms with E-state index in [1.165, 1.54) is 6.07 Å². The molecule has 0 saturated carbocycles. The third-order valence-electron chi connectivity index (χ3n) is 3.23. The van der Waals surface area contributed by atoms with Crippen molar-refractivity contribution in [3.8, 4) is 11.5 Å². The van der Waals surface area contributed by atoms with Gasteiger partial charge in [0, 0.05) is 11.5 Å². The van der Waals surface area contributed by atoms with E-state index in [4.69, 9.17) is 23.4 Å². The zero-order valence-electron chi connectivity index (χ0n) is 17.5. The van der Waals surface area contributed by atoms with Crippen molar-refractivity contribution in [3.63, 3.8) is 0 Å². The average molecular weight is 406 g/mol. The molecule has 0 fully saturated rings. The molecule has 158 valence electrons. The van der Waals surface area contributed by atoms with Crippen LogP contribution in [0.25, 0.3) is 11.0 Å². The Hall–Kier alpha value is -3.03. The number of ether oxygens (including phenoxy) is 4. The van der Waals surface area contributed by atoms with Crippen LogP contribution in [0.1, 0.15) is 41.5 Å². The lowest BCUT2D eigenvalue weighted by Gasteiger charge is -2.21. The molecule has 2 aromatic rings. The van der Waals surface area contributed by atoms with Gasteiger partial charge in [-0.1, -0.05) is 0 Å². The molecule has 0 aliphatic rings. The lowest BCUT2D eigenvalue weighted by molar-refractivity contribution is -0.158. The van der Waals surface area contributed by atoms with Crippen LogP contribution < -0.4 is 15.1 Å². The van der Waals surface area contributed by atoms with Gasteiger partial charge in [0.2, 0.25) is 5.75 Å². The predicted molar refractivity (Wildman–Crippen MR) is 105 cm³/mol. The summed E-state index contributed by atoms with van der Waals surface area (Å²) in [7, 11) is 0. The predicted octanol–water partition coefficient (Wildman–Crippen LogP) is 3.23. The summed E-state index contributed by atoms with van der Waals surface area (Å²) >= 11 is 0. The maximum Gasteiger partial charge on any atom is 0.344 e. The molecule has 1 aromatic heterocycles. The van der Waals surface area contributed by atoms with Gasteiger partial charge in [0.25, 0.3) is 0 Å². The quantitative estimate of drug-likeness (QED) is 0.532. The van der Waals surface area contributed by atoms with Crippen molar-refractivity contribution in [1.29, 1.82) is 0 Å². The highest BCUT2D eigenvalue weighted by Crippen LogP contribution is 2.35. The summed E-state index contributed by atoms with van der Waals surface area (Å²) in [5, 5.41) is 0.563. The Labute approximate surface area is 168 Å². The Morgan fingerprint density at radius 3 is 1.90 bits per heavy atom. The van der Waals surface area contributed by atoms with Crippen LogP contribution in [0, 0.1) is 0 Å². The monoisotopic (exact) mass is 406 g/mol. The summed E-state index contributed by atoms with van der Waals surface area (Å²) in [6.07, 6.45) is 0. The van der Waals surface area contributed by atoms with Gasteiger partial charge in [-0.25, -0.2) is 14.4 Å². The molecule has 1 aromatic carbocycles. The van der Waals surface area contributed by atoms with Crippen molar-refractivity contribution in [2.24, 2.45) is 0 Å². The number of carbonyl (C=O) groups excluding carboxylic acids is 2. The lowest BCUT2D eigenvalue weighted by atomic mass is 10.2. The number of hydrogen-bond acceptors (Lipinski definition) is 8. The van der Waals surface area contributed by atoms with Crippen molar-refractivity contribution < 1.29 is 33.0 Å². The first-order valence-corrected chi connectivity index (χ1v) is 9.10. The molecule has 0 unspecified atom stereocenters. The maximum atomic E-state index is 12.0. The molecule has 8 heteroatoms. The van der Waals surface area contributed by atoms with Crippen LogP contribution in [0.5, 0.6) is 11.5 Å². The first-order valence-electron chi connectivity index (χ1n) is 9.10. The Balaban J connectivity index is 2.27. The van der Waals surface area contributed by atoms with E-state index in [0.717, 1.165) is 0 Å². The Bertz CT molecular complexity index is 944. The molecule has 29 heavy (non-hydrogen) atoms. The van der Waals surface area contributed by atoms with Crippen molar-refractivity contribution in [2.75, 3.05) is 13.2 Å². The molecular weight excluding hydrogens is 380 g/mol. The highest BCUT2D eigenvalue weighted by atomic mass is 16.6. The summed E-state index contributed by atoms with van der Waals surface area (Å²) in [6.45, 7) is 9.60. The number of fused-ring (bicyclic) bond motifs is 1. The summed E-state index contributed by atoms with van der Waals surface area (Å²) in [6, 6.07) is 6.01. The molecule has 0 amide bonds. The van der Waals surface area contributed by atoms with Crippen LogP contribution in [0.4, 0.5) is 0 Å². The van der Waals surface area contributed by atoms with Crippen molar-refractivity contribution in [2.45, 2.75) is 52.7 Å². The SMILES string of the molecule is CC(C)(C)OC(=O)COc1ccc2ccc(=O)oc2c1OCC(=O)OC(C)(C)C. The standard InChI is InChI=1S/C21H26O8/c1-20(2,3)28-16(23)11-25-14-9-7-13-8-10-15(22)27-18(13)19(14)26-12-17(24)29-21(4,5)6/h7-10H,11-12H2,1-6H3. The molecule has 2 rings (SSSR count). The second-order valence-corrected chi connectivity index (χ2v) is 8.32. The Morgan fingerprint density at radius 2 is 1.34 bits per heavy atom. The number of benzene rings is 1. The first kappa shape index (κ1) is 22.3. The van der Waals surface area contributed by atoms with Gasteiger partial charge in [0.15, 0.2) is 24.5 Å². The topological polar surface area (TPSA) is 101 Å². The van der Waals surface area contributed by atoms with Crippen molar-refractivity contribution in [1.82, 2.24) is 0 Å². The number of hydrogen-bond donors (Lipinski definition) is 0. The zero-order chi connectivity index (χ0) is 21.8. The normalized spacial score (nSPS) is 11.8. The largest absolute Gasteiger partial charge is 0.478 e. The summed E-state index contributed by atoms with van der Waals surface area (Å²) in [4.78, 5) is 35.6. The molecule has 0 bridgehead atoms. The average Bonchev–Trinajstić information content (AvgIpc) is 2.55. The van der Waals surface area contributed by atoms with Crippen molar-refractivity contribution >= 4 is 22.9 Å². The molecule has 0 spiro atoms. The van der Waals surface area contributed by atoms with Gasteiger partial charge in [0.1, 0.15) is 11.2 Å². The van der Waals surface area contributed by atoms with Gasteiger partial charge < -0.3 is 23.4 Å². The third-order valence-corrected chi connectivity index (χ3v) is 3.23. The van der Waals surface area contributed by atoms with E-state index >= 15 is 0 Å². The van der Waals surface area contributed by atoms with Crippen LogP contribution in [0.3, 0.4) is 0 Å². The van der Waals surface area contributed by atoms with Crippen LogP contribution in [0.15, 0.2) is 33.5 Å². The van der Waals surface area contributed by atoms with Gasteiger partial charge in [-0.15, -0.1) is 0 Å². The molecule has 0 radical (unpaired) electrons. The second-order valence-electron chi connectivity index (χ2n) is 8.32. The fraction of sp³-hybridized carbons (Fsp3) is 0.476. The molecule has 8 nitrogen and oxygen atoms in total. The van der Waals surface area contributed by atoms with E-state index in [0.29, 0.717) is 5.39 Å². The third kappa shape index (κ3) is 7.14. The van der Waals surface area contributed by atoms with Gasteiger partial charge in [-0.05, 0) is 59.7 Å². The van der Waals surface area contributed by atoms with Gasteiger partial charge >= 0.3 is 17.6 Å². The van der Waals surface area contributed by atoms with E-state index in [1.54, 1.807) is 59.7 Å². The van der Waals surface area contributed by atoms with E-state index in [-0.39, 0.29) is 23.7 Å². The van der Waals surface area contributed by atoms with E-state index in [9.17, 15) is 14.4 Å². The molecule has 0 aliphatic carbocycles. The number of carbonyl (C=O) groups is 2.